The van der Waals surface area contributed by atoms with E-state index in [9.17, 15) is 13.2 Å². The Morgan fingerprint density at radius 1 is 0.711 bits per heavy atom. The molecule has 0 unspecified atom stereocenters. The number of hydrogen-bond donors (Lipinski definition) is 0. The molecule has 0 saturated heterocycles. The van der Waals surface area contributed by atoms with Gasteiger partial charge in [0.1, 0.15) is 35.1 Å². The molecule has 4 nitrogen and oxygen atoms in total. The molecule has 5 rings (SSSR count). The highest BCUT2D eigenvalue weighted by Gasteiger charge is 2.38. The molecule has 0 aliphatic heterocycles. The molecule has 0 fully saturated rings. The van der Waals surface area contributed by atoms with Crippen LogP contribution in [0.4, 0.5) is 26.3 Å². The van der Waals surface area contributed by atoms with Crippen LogP contribution in [0, 0.1) is 34.6 Å². The van der Waals surface area contributed by atoms with Gasteiger partial charge in [-0.05, 0) is 72.0 Å². The largest absolute Gasteiger partial charge is 0.429 e. The molecule has 0 spiro atoms. The zero-order chi connectivity index (χ0) is 32.1. The van der Waals surface area contributed by atoms with Crippen molar-refractivity contribution in [3.63, 3.8) is 0 Å². The van der Waals surface area contributed by atoms with Crippen molar-refractivity contribution in [1.82, 2.24) is 9.97 Å². The quantitative estimate of drug-likeness (QED) is 0.116. The second-order valence-electron chi connectivity index (χ2n) is 10.3. The van der Waals surface area contributed by atoms with E-state index in [0.717, 1.165) is 73.7 Å². The fourth-order valence-corrected chi connectivity index (χ4v) is 4.79. The number of alkyl halides is 2. The zero-order valence-electron chi connectivity index (χ0n) is 23.9. The summed E-state index contributed by atoms with van der Waals surface area (Å²) in [7, 11) is 0. The minimum Gasteiger partial charge on any atom is -0.429 e. The molecule has 0 aliphatic rings. The maximum absolute atomic E-state index is 15.1. The van der Waals surface area contributed by atoms with E-state index < -0.39 is 40.7 Å². The van der Waals surface area contributed by atoms with Crippen LogP contribution in [0.5, 0.6) is 5.75 Å². The van der Waals surface area contributed by atoms with E-state index in [1.165, 1.54) is 18.2 Å². The normalized spacial score (nSPS) is 11.3. The highest BCUT2D eigenvalue weighted by atomic mass is 19.3. The molecular weight excluding hydrogens is 592 g/mol. The van der Waals surface area contributed by atoms with Crippen LogP contribution in [0.1, 0.15) is 42.9 Å². The van der Waals surface area contributed by atoms with Gasteiger partial charge < -0.3 is 4.74 Å². The second-order valence-corrected chi connectivity index (χ2v) is 10.3. The average molecular weight is 618 g/mol. The maximum Gasteiger partial charge on any atom is 0.429 e. The van der Waals surface area contributed by atoms with Gasteiger partial charge in [0.25, 0.3) is 0 Å². The van der Waals surface area contributed by atoms with E-state index in [-0.39, 0.29) is 27.8 Å². The van der Waals surface area contributed by atoms with E-state index in [1.54, 1.807) is 24.5 Å². The van der Waals surface area contributed by atoms with Crippen molar-refractivity contribution in [3.05, 3.63) is 125 Å². The van der Waals surface area contributed by atoms with Crippen LogP contribution in [0.25, 0.3) is 33.6 Å². The van der Waals surface area contributed by atoms with E-state index in [2.05, 4.69) is 21.6 Å². The van der Waals surface area contributed by atoms with Gasteiger partial charge in [0.15, 0.2) is 5.82 Å². The second kappa shape index (κ2) is 13.2. The number of unbranched alkanes of at least 4 members (excludes halogenated alkanes) is 2. The molecule has 0 N–H and O–H groups in total. The molecule has 5 aromatic rings. The number of aromatic nitrogens is 2. The van der Waals surface area contributed by atoms with Gasteiger partial charge in [0.2, 0.25) is 0 Å². The Balaban J connectivity index is 1.32. The van der Waals surface area contributed by atoms with Gasteiger partial charge in [0, 0.05) is 35.2 Å². The lowest BCUT2D eigenvalue weighted by Gasteiger charge is -2.20. The molecule has 0 radical (unpaired) electrons. The third-order valence-corrected chi connectivity index (χ3v) is 7.18. The SMILES string of the molecule is CCCCCc1cnc(-c2ccc(-c3ccc(C(F)(F)Oc4ccc(-c5ccc(C#N)c(F)c5)c(F)c4)c(F)c3)c(F)c2)nc1. The molecule has 1 aromatic heterocycles. The Labute approximate surface area is 255 Å². The lowest BCUT2D eigenvalue weighted by atomic mass is 10.0. The predicted octanol–water partition coefficient (Wildman–Crippen LogP) is 9.77. The first-order valence-corrected chi connectivity index (χ1v) is 14.1. The van der Waals surface area contributed by atoms with E-state index in [4.69, 9.17) is 5.26 Å². The Morgan fingerprint density at radius 2 is 1.31 bits per heavy atom. The number of rotatable bonds is 10. The van der Waals surface area contributed by atoms with Crippen molar-refractivity contribution in [2.24, 2.45) is 0 Å². The zero-order valence-corrected chi connectivity index (χ0v) is 23.9. The average Bonchev–Trinajstić information content (AvgIpc) is 3.01. The fraction of sp³-hybridized carbons (Fsp3) is 0.171. The maximum atomic E-state index is 15.1. The Hall–Kier alpha value is -5.17. The summed E-state index contributed by atoms with van der Waals surface area (Å²) < 4.78 is 93.5. The number of nitrogens with zero attached hydrogens (tertiary/aromatic N) is 3. The van der Waals surface area contributed by atoms with Gasteiger partial charge in [-0.1, -0.05) is 44.0 Å². The predicted molar refractivity (Wildman–Crippen MR) is 157 cm³/mol. The summed E-state index contributed by atoms with van der Waals surface area (Å²) in [6, 6.07) is 14.6. The van der Waals surface area contributed by atoms with Gasteiger partial charge in [0.05, 0.1) is 11.1 Å². The molecule has 228 valence electrons. The first-order valence-electron chi connectivity index (χ1n) is 14.1. The van der Waals surface area contributed by atoms with Crippen molar-refractivity contribution in [2.45, 2.75) is 38.7 Å². The van der Waals surface area contributed by atoms with Gasteiger partial charge >= 0.3 is 6.11 Å². The molecule has 0 atom stereocenters. The fourth-order valence-electron chi connectivity index (χ4n) is 4.79. The van der Waals surface area contributed by atoms with E-state index in [1.807, 2.05) is 0 Å². The van der Waals surface area contributed by atoms with E-state index in [0.29, 0.717) is 17.5 Å². The Morgan fingerprint density at radius 3 is 1.91 bits per heavy atom. The van der Waals surface area contributed by atoms with Crippen molar-refractivity contribution >= 4 is 0 Å². The first kappa shape index (κ1) is 31.3. The van der Waals surface area contributed by atoms with Crippen molar-refractivity contribution in [2.75, 3.05) is 0 Å². The summed E-state index contributed by atoms with van der Waals surface area (Å²) in [6.45, 7) is 2.11. The molecule has 4 aromatic carbocycles. The van der Waals surface area contributed by atoms with Crippen LogP contribution in [-0.2, 0) is 12.5 Å². The smallest absolute Gasteiger partial charge is 0.429 e. The van der Waals surface area contributed by atoms with Crippen LogP contribution in [0.2, 0.25) is 0 Å². The number of aryl methyl sites for hydroxylation is 1. The summed E-state index contributed by atoms with van der Waals surface area (Å²) in [5.41, 5.74) is -0.0707. The number of ether oxygens (including phenoxy) is 1. The van der Waals surface area contributed by atoms with Gasteiger partial charge in [-0.25, -0.2) is 27.5 Å². The molecule has 10 heteroatoms. The van der Waals surface area contributed by atoms with Crippen molar-refractivity contribution < 1.29 is 31.1 Å². The summed E-state index contributed by atoms with van der Waals surface area (Å²) in [5.74, 6) is -4.27. The number of nitriles is 1. The minimum atomic E-state index is -4.22. The number of hydrogen-bond acceptors (Lipinski definition) is 4. The van der Waals surface area contributed by atoms with Gasteiger partial charge in [-0.3, -0.25) is 0 Å². The van der Waals surface area contributed by atoms with Gasteiger partial charge in [-0.2, -0.15) is 14.0 Å². The summed E-state index contributed by atoms with van der Waals surface area (Å²) in [4.78, 5) is 8.62. The molecule has 0 aliphatic carbocycles. The van der Waals surface area contributed by atoms with Gasteiger partial charge in [-0.15, -0.1) is 0 Å². The standard InChI is InChI=1S/C35H25F6N3O/c1-2-3-4-5-21-19-43-34(44-20-21)24-8-11-27(31(37)16-24)23-9-13-29(33(39)15-23)35(40,41)45-26-10-12-28(32(38)17-26)22-6-7-25(18-42)30(36)14-22/h6-17,19-20H,2-5H2,1H3. The molecule has 0 amide bonds. The third kappa shape index (κ3) is 6.99. The van der Waals surface area contributed by atoms with Crippen LogP contribution in [-0.4, -0.2) is 9.97 Å². The summed E-state index contributed by atoms with van der Waals surface area (Å²) >= 11 is 0. The van der Waals surface area contributed by atoms with Crippen molar-refractivity contribution in [3.8, 4) is 45.5 Å². The van der Waals surface area contributed by atoms with Crippen LogP contribution >= 0.6 is 0 Å². The van der Waals surface area contributed by atoms with E-state index >= 15 is 13.2 Å². The lowest BCUT2D eigenvalue weighted by Crippen LogP contribution is -2.23. The van der Waals surface area contributed by atoms with Crippen LogP contribution < -0.4 is 4.74 Å². The molecule has 1 heterocycles. The number of benzene rings is 4. The van der Waals surface area contributed by atoms with Crippen LogP contribution in [0.3, 0.4) is 0 Å². The Bertz CT molecular complexity index is 1890. The third-order valence-electron chi connectivity index (χ3n) is 7.18. The lowest BCUT2D eigenvalue weighted by molar-refractivity contribution is -0.187. The van der Waals surface area contributed by atoms with Crippen molar-refractivity contribution in [1.29, 1.82) is 5.26 Å². The molecule has 0 bridgehead atoms. The minimum absolute atomic E-state index is 0.00772. The number of halogens is 6. The highest BCUT2D eigenvalue weighted by Crippen LogP contribution is 2.37. The van der Waals surface area contributed by atoms with Crippen LogP contribution in [0.15, 0.2) is 85.2 Å². The summed E-state index contributed by atoms with van der Waals surface area (Å²) in [6.07, 6.45) is 3.22. The highest BCUT2D eigenvalue weighted by molar-refractivity contribution is 5.69. The Kier molecular flexibility index (Phi) is 9.18. The topological polar surface area (TPSA) is 58.8 Å². The molecule has 45 heavy (non-hydrogen) atoms. The molecular formula is C35H25F6N3O. The monoisotopic (exact) mass is 617 g/mol. The summed E-state index contributed by atoms with van der Waals surface area (Å²) in [5, 5.41) is 8.86. The molecule has 0 saturated carbocycles. The first-order chi connectivity index (χ1) is 21.6.